The zero-order valence-electron chi connectivity index (χ0n) is 17.0. The number of ether oxygens (including phenoxy) is 1. The molecule has 1 aliphatic carbocycles. The molecular weight excluding hydrogens is 376 g/mol. The van der Waals surface area contributed by atoms with Crippen molar-refractivity contribution in [1.82, 2.24) is 19.9 Å². The van der Waals surface area contributed by atoms with Crippen molar-refractivity contribution in [3.8, 4) is 11.3 Å². The second-order valence-corrected chi connectivity index (χ2v) is 8.02. The van der Waals surface area contributed by atoms with Crippen LogP contribution in [0.25, 0.3) is 11.3 Å². The van der Waals surface area contributed by atoms with Crippen molar-refractivity contribution in [2.75, 3.05) is 13.7 Å². The molecule has 1 aliphatic heterocycles. The number of fused-ring (bicyclic) bond motifs is 1. The van der Waals surface area contributed by atoms with Crippen LogP contribution in [0.2, 0.25) is 0 Å². The number of carbonyl (C=O) groups is 1. The first-order chi connectivity index (χ1) is 14.7. The van der Waals surface area contributed by atoms with Gasteiger partial charge in [-0.1, -0.05) is 18.2 Å². The highest BCUT2D eigenvalue weighted by Gasteiger charge is 2.28. The van der Waals surface area contributed by atoms with Crippen molar-refractivity contribution >= 4 is 5.97 Å². The summed E-state index contributed by atoms with van der Waals surface area (Å²) in [5.41, 5.74) is 5.91. The van der Waals surface area contributed by atoms with E-state index in [1.165, 1.54) is 31.2 Å². The van der Waals surface area contributed by atoms with Gasteiger partial charge in [-0.25, -0.2) is 14.8 Å². The molecule has 0 N–H and O–H groups in total. The van der Waals surface area contributed by atoms with E-state index in [2.05, 4.69) is 16.0 Å². The van der Waals surface area contributed by atoms with Gasteiger partial charge in [-0.2, -0.15) is 0 Å². The zero-order chi connectivity index (χ0) is 20.5. The number of aromatic nitrogens is 3. The highest BCUT2D eigenvalue weighted by atomic mass is 16.5. The Bertz CT molecular complexity index is 1080. The number of esters is 1. The van der Waals surface area contributed by atoms with Crippen molar-refractivity contribution in [2.45, 2.75) is 38.3 Å². The molecule has 0 amide bonds. The maximum absolute atomic E-state index is 11.6. The molecule has 5 rings (SSSR count). The minimum Gasteiger partial charge on any atom is -0.465 e. The van der Waals surface area contributed by atoms with Crippen molar-refractivity contribution in [3.05, 3.63) is 77.0 Å². The smallest absolute Gasteiger partial charge is 0.337 e. The van der Waals surface area contributed by atoms with Crippen LogP contribution >= 0.6 is 0 Å². The SMILES string of the molecule is COC(=O)c1ccc(-c2cccc(CN3CCc4nc(C5CC5)ncc4C3)n2)cc1. The van der Waals surface area contributed by atoms with Crippen LogP contribution in [0.1, 0.15) is 51.9 Å². The van der Waals surface area contributed by atoms with E-state index in [4.69, 9.17) is 14.7 Å². The summed E-state index contributed by atoms with van der Waals surface area (Å²) in [5, 5.41) is 0. The fraction of sp³-hybridized carbons (Fsp3) is 0.333. The third-order valence-corrected chi connectivity index (χ3v) is 5.77. The van der Waals surface area contributed by atoms with E-state index < -0.39 is 0 Å². The van der Waals surface area contributed by atoms with E-state index in [1.54, 1.807) is 12.1 Å². The predicted octanol–water partition coefficient (Wildman–Crippen LogP) is 3.76. The highest BCUT2D eigenvalue weighted by molar-refractivity contribution is 5.89. The molecule has 3 heterocycles. The second kappa shape index (κ2) is 7.95. The lowest BCUT2D eigenvalue weighted by Crippen LogP contribution is -2.31. The van der Waals surface area contributed by atoms with E-state index >= 15 is 0 Å². The van der Waals surface area contributed by atoms with Gasteiger partial charge in [-0.05, 0) is 37.1 Å². The van der Waals surface area contributed by atoms with E-state index in [0.717, 1.165) is 48.8 Å². The summed E-state index contributed by atoms with van der Waals surface area (Å²) in [6.07, 6.45) is 5.46. The summed E-state index contributed by atoms with van der Waals surface area (Å²) >= 11 is 0. The predicted molar refractivity (Wildman–Crippen MR) is 113 cm³/mol. The van der Waals surface area contributed by atoms with Gasteiger partial charge in [0, 0.05) is 55.0 Å². The molecule has 0 unspecified atom stereocenters. The van der Waals surface area contributed by atoms with E-state index in [1.807, 2.05) is 30.5 Å². The number of pyridine rings is 1. The standard InChI is InChI=1S/C24H24N4O2/c1-30-24(29)18-9-5-16(6-10-18)21-4-2-3-20(26-21)15-28-12-11-22-19(14-28)13-25-23(27-22)17-7-8-17/h2-6,9-10,13,17H,7-8,11-12,14-15H2,1H3. The fourth-order valence-electron chi connectivity index (χ4n) is 3.92. The Hall–Kier alpha value is -3.12. The van der Waals surface area contributed by atoms with Crippen molar-refractivity contribution in [1.29, 1.82) is 0 Å². The molecule has 1 fully saturated rings. The molecule has 2 aromatic heterocycles. The maximum Gasteiger partial charge on any atom is 0.337 e. The molecule has 152 valence electrons. The molecule has 0 bridgehead atoms. The van der Waals surface area contributed by atoms with E-state index in [0.29, 0.717) is 11.5 Å². The first kappa shape index (κ1) is 18.9. The topological polar surface area (TPSA) is 68.2 Å². The van der Waals surface area contributed by atoms with Gasteiger partial charge in [0.15, 0.2) is 0 Å². The van der Waals surface area contributed by atoms with Gasteiger partial charge in [-0.3, -0.25) is 9.88 Å². The average molecular weight is 400 g/mol. The van der Waals surface area contributed by atoms with Crippen molar-refractivity contribution < 1.29 is 9.53 Å². The van der Waals surface area contributed by atoms with Crippen LogP contribution in [0.4, 0.5) is 0 Å². The summed E-state index contributed by atoms with van der Waals surface area (Å²) in [5.74, 6) is 1.30. The van der Waals surface area contributed by atoms with E-state index in [9.17, 15) is 4.79 Å². The number of nitrogens with zero attached hydrogens (tertiary/aromatic N) is 4. The Balaban J connectivity index is 1.28. The minimum absolute atomic E-state index is 0.332. The number of rotatable bonds is 5. The Morgan fingerprint density at radius 3 is 2.73 bits per heavy atom. The maximum atomic E-state index is 11.6. The third-order valence-electron chi connectivity index (χ3n) is 5.77. The molecule has 0 radical (unpaired) electrons. The van der Waals surface area contributed by atoms with Crippen LogP contribution in [0.15, 0.2) is 48.7 Å². The zero-order valence-corrected chi connectivity index (χ0v) is 17.0. The number of hydrogen-bond acceptors (Lipinski definition) is 6. The Morgan fingerprint density at radius 1 is 1.13 bits per heavy atom. The number of methoxy groups -OCH3 is 1. The van der Waals surface area contributed by atoms with Gasteiger partial charge < -0.3 is 4.74 Å². The normalized spacial score (nSPS) is 16.2. The fourth-order valence-corrected chi connectivity index (χ4v) is 3.92. The Kier molecular flexibility index (Phi) is 5.01. The highest BCUT2D eigenvalue weighted by Crippen LogP contribution is 2.38. The summed E-state index contributed by atoms with van der Waals surface area (Å²) in [7, 11) is 1.39. The Labute approximate surface area is 176 Å². The van der Waals surface area contributed by atoms with Crippen LogP contribution < -0.4 is 0 Å². The van der Waals surface area contributed by atoms with Crippen LogP contribution in [0, 0.1) is 0 Å². The summed E-state index contributed by atoms with van der Waals surface area (Å²) in [4.78, 5) is 28.3. The molecule has 2 aliphatic rings. The lowest BCUT2D eigenvalue weighted by molar-refractivity contribution is 0.0601. The van der Waals surface area contributed by atoms with Gasteiger partial charge in [-0.15, -0.1) is 0 Å². The average Bonchev–Trinajstić information content (AvgIpc) is 3.64. The molecular formula is C24H24N4O2. The van der Waals surface area contributed by atoms with Gasteiger partial charge in [0.05, 0.1) is 24.1 Å². The second-order valence-electron chi connectivity index (χ2n) is 8.02. The first-order valence-electron chi connectivity index (χ1n) is 10.4. The lowest BCUT2D eigenvalue weighted by atomic mass is 10.1. The van der Waals surface area contributed by atoms with Crippen LogP contribution in [-0.2, 0) is 24.2 Å². The Morgan fingerprint density at radius 2 is 1.97 bits per heavy atom. The molecule has 0 atom stereocenters. The largest absolute Gasteiger partial charge is 0.465 e. The summed E-state index contributed by atoms with van der Waals surface area (Å²) in [6, 6.07) is 13.5. The third kappa shape index (κ3) is 3.96. The molecule has 30 heavy (non-hydrogen) atoms. The quantitative estimate of drug-likeness (QED) is 0.608. The number of hydrogen-bond donors (Lipinski definition) is 0. The monoisotopic (exact) mass is 400 g/mol. The van der Waals surface area contributed by atoms with Crippen molar-refractivity contribution in [2.24, 2.45) is 0 Å². The summed E-state index contributed by atoms with van der Waals surface area (Å²) < 4.78 is 4.76. The molecule has 1 saturated carbocycles. The molecule has 1 aromatic carbocycles. The van der Waals surface area contributed by atoms with Crippen LogP contribution in [-0.4, -0.2) is 39.5 Å². The molecule has 6 nitrogen and oxygen atoms in total. The van der Waals surface area contributed by atoms with Crippen molar-refractivity contribution in [3.63, 3.8) is 0 Å². The van der Waals surface area contributed by atoms with Gasteiger partial charge in [0.25, 0.3) is 0 Å². The summed E-state index contributed by atoms with van der Waals surface area (Å²) in [6.45, 7) is 2.63. The molecule has 3 aromatic rings. The lowest BCUT2D eigenvalue weighted by Gasteiger charge is -2.27. The number of carbonyl (C=O) groups excluding carboxylic acids is 1. The van der Waals surface area contributed by atoms with Crippen LogP contribution in [0.3, 0.4) is 0 Å². The number of benzene rings is 1. The molecule has 0 spiro atoms. The molecule has 0 saturated heterocycles. The van der Waals surface area contributed by atoms with Gasteiger partial charge in [0.2, 0.25) is 0 Å². The van der Waals surface area contributed by atoms with Crippen LogP contribution in [0.5, 0.6) is 0 Å². The van der Waals surface area contributed by atoms with Gasteiger partial charge >= 0.3 is 5.97 Å². The minimum atomic E-state index is -0.332. The molecule has 6 heteroatoms. The van der Waals surface area contributed by atoms with Gasteiger partial charge in [0.1, 0.15) is 5.82 Å². The van der Waals surface area contributed by atoms with E-state index in [-0.39, 0.29) is 5.97 Å². The first-order valence-corrected chi connectivity index (χ1v) is 10.4.